The van der Waals surface area contributed by atoms with Gasteiger partial charge >= 0.3 is 0 Å². The maximum Gasteiger partial charge on any atom is 0.0596 e. The Morgan fingerprint density at radius 3 is 2.50 bits per heavy atom. The van der Waals surface area contributed by atoms with E-state index in [0.717, 1.165) is 22.5 Å². The van der Waals surface area contributed by atoms with Crippen LogP contribution in [0.15, 0.2) is 30.3 Å². The van der Waals surface area contributed by atoms with E-state index in [-0.39, 0.29) is 6.61 Å². The van der Waals surface area contributed by atoms with Crippen molar-refractivity contribution >= 4 is 0 Å². The van der Waals surface area contributed by atoms with Gasteiger partial charge in [-0.3, -0.25) is 4.68 Å². The van der Waals surface area contributed by atoms with E-state index in [4.69, 9.17) is 5.73 Å². The molecule has 3 N–H and O–H groups in total. The Hall–Kier alpha value is -1.65. The molecule has 20 heavy (non-hydrogen) atoms. The minimum absolute atomic E-state index is 0.0264. The molecule has 1 unspecified atom stereocenters. The van der Waals surface area contributed by atoms with E-state index in [1.807, 2.05) is 30.8 Å². The summed E-state index contributed by atoms with van der Waals surface area (Å²) in [6.07, 6.45) is 0.683. The topological polar surface area (TPSA) is 64.1 Å². The lowest BCUT2D eigenvalue weighted by molar-refractivity contribution is 0.193. The summed E-state index contributed by atoms with van der Waals surface area (Å²) in [4.78, 5) is 0. The lowest BCUT2D eigenvalue weighted by Gasteiger charge is -2.32. The van der Waals surface area contributed by atoms with Gasteiger partial charge in [-0.15, -0.1) is 0 Å². The number of rotatable bonds is 5. The van der Waals surface area contributed by atoms with Crippen molar-refractivity contribution in [2.45, 2.75) is 25.7 Å². The summed E-state index contributed by atoms with van der Waals surface area (Å²) in [6.45, 7) is 4.46. The molecule has 1 atom stereocenters. The Balaban J connectivity index is 2.45. The first kappa shape index (κ1) is 14.8. The van der Waals surface area contributed by atoms with E-state index in [1.165, 1.54) is 0 Å². The van der Waals surface area contributed by atoms with Crippen LogP contribution in [0.1, 0.15) is 22.5 Å². The third-order valence-electron chi connectivity index (χ3n) is 4.03. The van der Waals surface area contributed by atoms with Gasteiger partial charge in [-0.05, 0) is 31.0 Å². The second-order valence-corrected chi connectivity index (χ2v) is 5.53. The van der Waals surface area contributed by atoms with E-state index in [1.54, 1.807) is 0 Å². The molecule has 0 spiro atoms. The van der Waals surface area contributed by atoms with Crippen molar-refractivity contribution in [3.05, 3.63) is 52.8 Å². The number of benzene rings is 1. The zero-order chi connectivity index (χ0) is 14.8. The van der Waals surface area contributed by atoms with E-state index < -0.39 is 5.41 Å². The number of nitrogens with zero attached hydrogens (tertiary/aromatic N) is 2. The van der Waals surface area contributed by atoms with E-state index in [2.05, 4.69) is 30.2 Å². The van der Waals surface area contributed by atoms with Crippen molar-refractivity contribution in [3.63, 3.8) is 0 Å². The zero-order valence-corrected chi connectivity index (χ0v) is 12.4. The van der Waals surface area contributed by atoms with Gasteiger partial charge in [0.1, 0.15) is 0 Å². The van der Waals surface area contributed by atoms with Crippen molar-refractivity contribution in [2.24, 2.45) is 12.8 Å². The summed E-state index contributed by atoms with van der Waals surface area (Å²) in [6, 6.07) is 10.2. The first-order valence-corrected chi connectivity index (χ1v) is 6.89. The maximum atomic E-state index is 10.0. The van der Waals surface area contributed by atoms with Crippen LogP contribution in [0.25, 0.3) is 0 Å². The predicted molar refractivity (Wildman–Crippen MR) is 80.6 cm³/mol. The van der Waals surface area contributed by atoms with Crippen molar-refractivity contribution in [1.82, 2.24) is 9.78 Å². The first-order valence-electron chi connectivity index (χ1n) is 6.89. The van der Waals surface area contributed by atoms with Gasteiger partial charge in [0, 0.05) is 31.1 Å². The molecule has 0 saturated heterocycles. The van der Waals surface area contributed by atoms with Crippen LogP contribution in [0, 0.1) is 13.8 Å². The van der Waals surface area contributed by atoms with Crippen LogP contribution in [0.4, 0.5) is 0 Å². The number of hydrogen-bond donors (Lipinski definition) is 2. The van der Waals surface area contributed by atoms with Gasteiger partial charge in [0.05, 0.1) is 12.3 Å². The Labute approximate surface area is 120 Å². The smallest absolute Gasteiger partial charge is 0.0596 e. The minimum Gasteiger partial charge on any atom is -0.395 e. The number of aliphatic hydroxyl groups excluding tert-OH is 1. The molecular weight excluding hydrogens is 250 g/mol. The summed E-state index contributed by atoms with van der Waals surface area (Å²) in [7, 11) is 1.93. The van der Waals surface area contributed by atoms with Crippen molar-refractivity contribution < 1.29 is 5.11 Å². The molecule has 0 saturated carbocycles. The molecule has 2 rings (SSSR count). The minimum atomic E-state index is -0.453. The van der Waals surface area contributed by atoms with Crippen LogP contribution < -0.4 is 5.73 Å². The SMILES string of the molecule is Cc1cc(CC(CN)(CO)c2ccccc2C)n(C)n1. The Bertz CT molecular complexity index is 585. The Morgan fingerprint density at radius 2 is 2.00 bits per heavy atom. The largest absolute Gasteiger partial charge is 0.395 e. The van der Waals surface area contributed by atoms with Crippen molar-refractivity contribution in [2.75, 3.05) is 13.2 Å². The highest BCUT2D eigenvalue weighted by atomic mass is 16.3. The van der Waals surface area contributed by atoms with Gasteiger partial charge in [0.2, 0.25) is 0 Å². The Kier molecular flexibility index (Phi) is 4.26. The number of aryl methyl sites for hydroxylation is 3. The van der Waals surface area contributed by atoms with Gasteiger partial charge < -0.3 is 10.8 Å². The van der Waals surface area contributed by atoms with Crippen LogP contribution in [-0.2, 0) is 18.9 Å². The van der Waals surface area contributed by atoms with Crippen molar-refractivity contribution in [1.29, 1.82) is 0 Å². The third-order valence-corrected chi connectivity index (χ3v) is 4.03. The average molecular weight is 273 g/mol. The van der Waals surface area contributed by atoms with Crippen LogP contribution in [0.5, 0.6) is 0 Å². The molecular formula is C16H23N3O. The highest BCUT2D eigenvalue weighted by molar-refractivity contribution is 5.35. The maximum absolute atomic E-state index is 10.0. The number of aliphatic hydroxyl groups is 1. The second-order valence-electron chi connectivity index (χ2n) is 5.53. The summed E-state index contributed by atoms with van der Waals surface area (Å²) in [5.41, 5.74) is 9.93. The fraction of sp³-hybridized carbons (Fsp3) is 0.438. The zero-order valence-electron chi connectivity index (χ0n) is 12.4. The molecule has 1 heterocycles. The molecule has 1 aromatic carbocycles. The molecule has 4 nitrogen and oxygen atoms in total. The molecule has 0 aliphatic heterocycles. The molecule has 0 radical (unpaired) electrons. The second kappa shape index (κ2) is 5.77. The third kappa shape index (κ3) is 2.62. The molecule has 0 fully saturated rings. The van der Waals surface area contributed by atoms with Gasteiger partial charge in [-0.2, -0.15) is 5.10 Å². The lowest BCUT2D eigenvalue weighted by atomic mass is 9.75. The summed E-state index contributed by atoms with van der Waals surface area (Å²) < 4.78 is 1.87. The molecule has 4 heteroatoms. The van der Waals surface area contributed by atoms with Gasteiger partial charge in [0.15, 0.2) is 0 Å². The van der Waals surface area contributed by atoms with Gasteiger partial charge in [-0.1, -0.05) is 24.3 Å². The van der Waals surface area contributed by atoms with Crippen molar-refractivity contribution in [3.8, 4) is 0 Å². The fourth-order valence-electron chi connectivity index (χ4n) is 2.83. The number of aromatic nitrogens is 2. The molecule has 1 aromatic heterocycles. The van der Waals surface area contributed by atoms with Crippen LogP contribution >= 0.6 is 0 Å². The van der Waals surface area contributed by atoms with E-state index in [9.17, 15) is 5.11 Å². The predicted octanol–water partition coefficient (Wildman–Crippen LogP) is 1.47. The summed E-state index contributed by atoms with van der Waals surface area (Å²) in [5.74, 6) is 0. The molecule has 0 bridgehead atoms. The average Bonchev–Trinajstić information content (AvgIpc) is 2.75. The fourth-order valence-corrected chi connectivity index (χ4v) is 2.83. The number of nitrogens with two attached hydrogens (primary N) is 1. The quantitative estimate of drug-likeness (QED) is 0.867. The monoisotopic (exact) mass is 273 g/mol. The standard InChI is InChI=1S/C16H23N3O/c1-12-6-4-5-7-15(12)16(10-17,11-20)9-14-8-13(2)18-19(14)3/h4-8,20H,9-11,17H2,1-3H3. The van der Waals surface area contributed by atoms with Crippen LogP contribution in [0.3, 0.4) is 0 Å². The lowest BCUT2D eigenvalue weighted by Crippen LogP contribution is -2.42. The first-order chi connectivity index (χ1) is 9.52. The summed E-state index contributed by atoms with van der Waals surface area (Å²) >= 11 is 0. The van der Waals surface area contributed by atoms with Crippen LogP contribution in [0.2, 0.25) is 0 Å². The highest BCUT2D eigenvalue weighted by Crippen LogP contribution is 2.30. The molecule has 108 valence electrons. The number of hydrogen-bond acceptors (Lipinski definition) is 3. The van der Waals surface area contributed by atoms with E-state index in [0.29, 0.717) is 13.0 Å². The van der Waals surface area contributed by atoms with Gasteiger partial charge in [0.25, 0.3) is 0 Å². The van der Waals surface area contributed by atoms with E-state index >= 15 is 0 Å². The Morgan fingerprint density at radius 1 is 1.30 bits per heavy atom. The normalized spacial score (nSPS) is 14.2. The molecule has 2 aromatic rings. The molecule has 0 aliphatic carbocycles. The summed E-state index contributed by atoms with van der Waals surface area (Å²) in [5, 5.41) is 14.4. The molecule has 0 aliphatic rings. The highest BCUT2D eigenvalue weighted by Gasteiger charge is 2.32. The molecule has 0 amide bonds. The van der Waals surface area contributed by atoms with Gasteiger partial charge in [-0.25, -0.2) is 0 Å². The van der Waals surface area contributed by atoms with Crippen LogP contribution in [-0.4, -0.2) is 28.0 Å².